The third-order valence-corrected chi connectivity index (χ3v) is 7.46. The Hall–Kier alpha value is -3.31. The third kappa shape index (κ3) is 4.61. The zero-order chi connectivity index (χ0) is 26.2. The van der Waals surface area contributed by atoms with Gasteiger partial charge in [0.25, 0.3) is 5.91 Å². The molecular formula is C26H31F2N5O4. The highest BCUT2D eigenvalue weighted by atomic mass is 19.2. The van der Waals surface area contributed by atoms with Crippen LogP contribution in [-0.2, 0) is 15.1 Å². The number of pyridine rings is 1. The number of hydrogen-bond acceptors (Lipinski definition) is 7. The number of nitrogens with one attached hydrogen (secondary N) is 1. The van der Waals surface area contributed by atoms with E-state index in [9.17, 15) is 18.4 Å². The Kier molecular flexibility index (Phi) is 7.00. The smallest absolute Gasteiger partial charge is 0.411 e. The molecule has 1 atom stereocenters. The predicted octanol–water partition coefficient (Wildman–Crippen LogP) is 2.80. The summed E-state index contributed by atoms with van der Waals surface area (Å²) in [4.78, 5) is 37.5. The van der Waals surface area contributed by atoms with Crippen LogP contribution in [0.25, 0.3) is 0 Å². The molecule has 2 aromatic rings. The van der Waals surface area contributed by atoms with Crippen LogP contribution in [0.3, 0.4) is 0 Å². The van der Waals surface area contributed by atoms with Crippen molar-refractivity contribution in [3.05, 3.63) is 53.2 Å². The molecule has 1 aromatic heterocycles. The summed E-state index contributed by atoms with van der Waals surface area (Å²) in [5.74, 6) is -2.97. The Labute approximate surface area is 214 Å². The molecule has 2 saturated heterocycles. The lowest BCUT2D eigenvalue weighted by molar-refractivity contribution is -0.131. The maximum absolute atomic E-state index is 14.4. The molecule has 2 fully saturated rings. The molecule has 5 rings (SSSR count). The van der Waals surface area contributed by atoms with Gasteiger partial charge in [-0.1, -0.05) is 0 Å². The van der Waals surface area contributed by atoms with E-state index < -0.39 is 29.2 Å². The molecule has 1 aromatic carbocycles. The van der Waals surface area contributed by atoms with Gasteiger partial charge in [-0.15, -0.1) is 0 Å². The van der Waals surface area contributed by atoms with Gasteiger partial charge in [0.1, 0.15) is 0 Å². The van der Waals surface area contributed by atoms with Crippen LogP contribution in [0.15, 0.2) is 30.5 Å². The number of amides is 2. The summed E-state index contributed by atoms with van der Waals surface area (Å²) in [6, 6.07) is 5.36. The van der Waals surface area contributed by atoms with Crippen molar-refractivity contribution in [1.82, 2.24) is 19.7 Å². The molecule has 37 heavy (non-hydrogen) atoms. The zero-order valence-corrected chi connectivity index (χ0v) is 21.0. The van der Waals surface area contributed by atoms with Crippen LogP contribution >= 0.6 is 0 Å². The van der Waals surface area contributed by atoms with E-state index in [2.05, 4.69) is 27.1 Å². The number of anilines is 1. The van der Waals surface area contributed by atoms with Crippen LogP contribution in [0.2, 0.25) is 0 Å². The highest BCUT2D eigenvalue weighted by Crippen LogP contribution is 2.47. The molecular weight excluding hydrogens is 484 g/mol. The molecule has 3 aliphatic rings. The van der Waals surface area contributed by atoms with Crippen LogP contribution < -0.4 is 10.1 Å². The van der Waals surface area contributed by atoms with Gasteiger partial charge in [-0.3, -0.25) is 9.69 Å². The van der Waals surface area contributed by atoms with Gasteiger partial charge < -0.3 is 24.6 Å². The van der Waals surface area contributed by atoms with Gasteiger partial charge in [-0.25, -0.2) is 18.6 Å². The summed E-state index contributed by atoms with van der Waals surface area (Å²) < 4.78 is 40.1. The second-order valence-corrected chi connectivity index (χ2v) is 9.66. The average Bonchev–Trinajstić information content (AvgIpc) is 3.16. The fraction of sp³-hybridized carbons (Fsp3) is 0.500. The van der Waals surface area contributed by atoms with E-state index in [4.69, 9.17) is 9.47 Å². The number of piperidine rings is 1. The number of fused-ring (bicyclic) bond motifs is 1. The molecule has 9 nitrogen and oxygen atoms in total. The molecule has 0 spiro atoms. The van der Waals surface area contributed by atoms with Crippen LogP contribution in [0.5, 0.6) is 5.88 Å². The Morgan fingerprint density at radius 2 is 1.81 bits per heavy atom. The van der Waals surface area contributed by atoms with E-state index in [0.717, 1.165) is 38.1 Å². The quantitative estimate of drug-likeness (QED) is 0.655. The fourth-order valence-electron chi connectivity index (χ4n) is 5.43. The molecule has 2 amide bonds. The minimum absolute atomic E-state index is 0.0105. The van der Waals surface area contributed by atoms with Gasteiger partial charge in [0.05, 0.1) is 17.9 Å². The van der Waals surface area contributed by atoms with Gasteiger partial charge in [0, 0.05) is 50.0 Å². The lowest BCUT2D eigenvalue weighted by Crippen LogP contribution is -2.55. The SMILES string of the molecule is CCOc1ncccc1C1(OC(=O)N2CCN(C3CCN(C)CC3)CC2)C(=O)Nc2cc(F)c(F)cc21. The average molecular weight is 516 g/mol. The van der Waals surface area contributed by atoms with Crippen LogP contribution in [0.1, 0.15) is 30.9 Å². The van der Waals surface area contributed by atoms with Crippen molar-refractivity contribution in [2.75, 3.05) is 58.2 Å². The number of piperazine rings is 1. The Morgan fingerprint density at radius 3 is 2.51 bits per heavy atom. The number of aromatic nitrogens is 1. The summed E-state index contributed by atoms with van der Waals surface area (Å²) in [6.07, 6.45) is 2.93. The Balaban J connectivity index is 1.43. The van der Waals surface area contributed by atoms with Crippen molar-refractivity contribution in [2.24, 2.45) is 0 Å². The number of nitrogens with zero attached hydrogens (tertiary/aromatic N) is 4. The lowest BCUT2D eigenvalue weighted by Gasteiger charge is -2.42. The molecule has 0 aliphatic carbocycles. The third-order valence-electron chi connectivity index (χ3n) is 7.46. The molecule has 1 unspecified atom stereocenters. The second kappa shape index (κ2) is 10.2. The topological polar surface area (TPSA) is 87.2 Å². The van der Waals surface area contributed by atoms with Crippen molar-refractivity contribution >= 4 is 17.7 Å². The maximum Gasteiger partial charge on any atom is 0.411 e. The molecule has 0 saturated carbocycles. The molecule has 1 N–H and O–H groups in total. The maximum atomic E-state index is 14.4. The predicted molar refractivity (Wildman–Crippen MR) is 131 cm³/mol. The van der Waals surface area contributed by atoms with Gasteiger partial charge in [-0.2, -0.15) is 0 Å². The minimum atomic E-state index is -2.09. The molecule has 0 radical (unpaired) electrons. The van der Waals surface area contributed by atoms with Crippen molar-refractivity contribution in [2.45, 2.75) is 31.4 Å². The molecule has 0 bridgehead atoms. The first-order valence-corrected chi connectivity index (χ1v) is 12.6. The molecule has 11 heteroatoms. The van der Waals surface area contributed by atoms with E-state index >= 15 is 0 Å². The number of carbonyl (C=O) groups is 2. The summed E-state index contributed by atoms with van der Waals surface area (Å²) >= 11 is 0. The summed E-state index contributed by atoms with van der Waals surface area (Å²) in [5, 5.41) is 2.55. The summed E-state index contributed by atoms with van der Waals surface area (Å²) in [7, 11) is 2.12. The van der Waals surface area contributed by atoms with Crippen molar-refractivity contribution < 1.29 is 27.8 Å². The number of rotatable bonds is 5. The first kappa shape index (κ1) is 25.3. The van der Waals surface area contributed by atoms with E-state index in [0.29, 0.717) is 32.2 Å². The molecule has 198 valence electrons. The summed E-state index contributed by atoms with van der Waals surface area (Å²) in [6.45, 7) is 6.32. The number of likely N-dealkylation sites (tertiary alicyclic amines) is 1. The normalized spacial score (nSPS) is 23.0. The standard InChI is InChI=1S/C26H31F2N5O4/c1-3-36-23-18(5-4-8-29-23)26(19-15-20(27)21(28)16-22(19)30-24(26)34)37-25(35)33-13-11-32(12-14-33)17-6-9-31(2)10-7-17/h4-5,8,15-17H,3,6-7,9-14H2,1-2H3,(H,30,34). The van der Waals surface area contributed by atoms with Gasteiger partial charge in [0.15, 0.2) is 11.6 Å². The molecule has 3 aliphatic heterocycles. The zero-order valence-electron chi connectivity index (χ0n) is 21.0. The van der Waals surface area contributed by atoms with E-state index in [1.807, 2.05) is 0 Å². The minimum Gasteiger partial charge on any atom is -0.478 e. The monoisotopic (exact) mass is 515 g/mol. The fourth-order valence-corrected chi connectivity index (χ4v) is 5.43. The van der Waals surface area contributed by atoms with Gasteiger partial charge in [-0.05, 0) is 58.1 Å². The Morgan fingerprint density at radius 1 is 1.11 bits per heavy atom. The number of carbonyl (C=O) groups excluding carboxylic acids is 2. The highest BCUT2D eigenvalue weighted by Gasteiger charge is 2.55. The van der Waals surface area contributed by atoms with Crippen molar-refractivity contribution in [3.63, 3.8) is 0 Å². The number of halogens is 2. The largest absolute Gasteiger partial charge is 0.478 e. The van der Waals surface area contributed by atoms with Crippen molar-refractivity contribution in [3.8, 4) is 5.88 Å². The van der Waals surface area contributed by atoms with E-state index in [1.165, 1.54) is 6.20 Å². The van der Waals surface area contributed by atoms with Crippen LogP contribution in [0.4, 0.5) is 19.3 Å². The van der Waals surface area contributed by atoms with Gasteiger partial charge in [0.2, 0.25) is 11.5 Å². The van der Waals surface area contributed by atoms with E-state index in [1.54, 1.807) is 24.0 Å². The second-order valence-electron chi connectivity index (χ2n) is 9.66. The number of ether oxygens (including phenoxy) is 2. The van der Waals surface area contributed by atoms with Crippen LogP contribution in [-0.4, -0.2) is 90.6 Å². The van der Waals surface area contributed by atoms with E-state index in [-0.39, 0.29) is 29.3 Å². The molecule has 4 heterocycles. The first-order chi connectivity index (χ1) is 17.8. The lowest BCUT2D eigenvalue weighted by atomic mass is 9.87. The number of benzene rings is 1. The number of hydrogen-bond donors (Lipinski definition) is 1. The first-order valence-electron chi connectivity index (χ1n) is 12.6. The Bertz CT molecular complexity index is 1180. The van der Waals surface area contributed by atoms with Crippen LogP contribution in [0, 0.1) is 11.6 Å². The highest BCUT2D eigenvalue weighted by molar-refractivity contribution is 6.08. The van der Waals surface area contributed by atoms with Gasteiger partial charge >= 0.3 is 6.09 Å². The van der Waals surface area contributed by atoms with Crippen molar-refractivity contribution in [1.29, 1.82) is 0 Å². The summed E-state index contributed by atoms with van der Waals surface area (Å²) in [5.41, 5.74) is -1.94.